The summed E-state index contributed by atoms with van der Waals surface area (Å²) in [5, 5.41) is 0. The van der Waals surface area contributed by atoms with Crippen LogP contribution in [0, 0.1) is 0 Å². The van der Waals surface area contributed by atoms with E-state index in [1.807, 2.05) is 11.9 Å². The van der Waals surface area contributed by atoms with Gasteiger partial charge in [-0.3, -0.25) is 9.69 Å². The predicted octanol–water partition coefficient (Wildman–Crippen LogP) is 1.30. The van der Waals surface area contributed by atoms with Crippen molar-refractivity contribution in [3.05, 3.63) is 38.0 Å². The third kappa shape index (κ3) is 5.86. The Bertz CT molecular complexity index is 226. The van der Waals surface area contributed by atoms with Crippen LogP contribution in [0.1, 0.15) is 0 Å². The van der Waals surface area contributed by atoms with Gasteiger partial charge in [0.2, 0.25) is 5.91 Å². The SMILES string of the molecule is C=CCN(C)CC(=O)N(CC=C)CC=C. The Morgan fingerprint density at radius 2 is 1.53 bits per heavy atom. The summed E-state index contributed by atoms with van der Waals surface area (Å²) in [6, 6.07) is 0. The molecular weight excluding hydrogens is 188 g/mol. The molecule has 0 bridgehead atoms. The number of hydrogen-bond donors (Lipinski definition) is 0. The zero-order chi connectivity index (χ0) is 11.7. The Hall–Kier alpha value is -1.35. The second kappa shape index (κ2) is 8.00. The average molecular weight is 208 g/mol. The third-order valence-corrected chi connectivity index (χ3v) is 1.90. The highest BCUT2D eigenvalue weighted by atomic mass is 16.2. The summed E-state index contributed by atoms with van der Waals surface area (Å²) in [6.07, 6.45) is 5.21. The first-order valence-electron chi connectivity index (χ1n) is 4.94. The van der Waals surface area contributed by atoms with Gasteiger partial charge in [-0.2, -0.15) is 0 Å². The molecule has 15 heavy (non-hydrogen) atoms. The maximum atomic E-state index is 11.8. The van der Waals surface area contributed by atoms with E-state index in [1.54, 1.807) is 23.1 Å². The van der Waals surface area contributed by atoms with Gasteiger partial charge in [-0.05, 0) is 7.05 Å². The Morgan fingerprint density at radius 1 is 1.07 bits per heavy atom. The fraction of sp³-hybridized carbons (Fsp3) is 0.417. The smallest absolute Gasteiger partial charge is 0.237 e. The van der Waals surface area contributed by atoms with Crippen molar-refractivity contribution in [1.29, 1.82) is 0 Å². The maximum Gasteiger partial charge on any atom is 0.237 e. The number of rotatable bonds is 8. The quantitative estimate of drug-likeness (QED) is 0.561. The monoisotopic (exact) mass is 208 g/mol. The summed E-state index contributed by atoms with van der Waals surface area (Å²) >= 11 is 0. The zero-order valence-corrected chi connectivity index (χ0v) is 9.48. The standard InChI is InChI=1S/C12H20N2O/c1-5-8-13(4)11-12(15)14(9-6-2)10-7-3/h5-7H,1-3,8-11H2,4H3. The van der Waals surface area contributed by atoms with Crippen LogP contribution in [0.3, 0.4) is 0 Å². The van der Waals surface area contributed by atoms with Gasteiger partial charge in [-0.1, -0.05) is 18.2 Å². The molecule has 0 aliphatic heterocycles. The largest absolute Gasteiger partial charge is 0.334 e. The van der Waals surface area contributed by atoms with Crippen LogP contribution < -0.4 is 0 Å². The number of hydrogen-bond acceptors (Lipinski definition) is 2. The van der Waals surface area contributed by atoms with E-state index in [1.165, 1.54) is 0 Å². The van der Waals surface area contributed by atoms with Gasteiger partial charge in [0.15, 0.2) is 0 Å². The molecular formula is C12H20N2O. The molecule has 0 spiro atoms. The average Bonchev–Trinajstić information content (AvgIpc) is 2.17. The van der Waals surface area contributed by atoms with Crippen molar-refractivity contribution >= 4 is 5.91 Å². The lowest BCUT2D eigenvalue weighted by atomic mass is 10.4. The molecule has 0 aliphatic carbocycles. The van der Waals surface area contributed by atoms with Gasteiger partial charge in [0.1, 0.15) is 0 Å². The van der Waals surface area contributed by atoms with Crippen LogP contribution in [-0.2, 0) is 4.79 Å². The zero-order valence-electron chi connectivity index (χ0n) is 9.48. The van der Waals surface area contributed by atoms with E-state index in [0.717, 1.165) is 0 Å². The molecule has 0 N–H and O–H groups in total. The molecule has 3 heteroatoms. The minimum Gasteiger partial charge on any atom is -0.334 e. The second-order valence-corrected chi connectivity index (χ2v) is 3.36. The van der Waals surface area contributed by atoms with Crippen LogP contribution in [0.5, 0.6) is 0 Å². The van der Waals surface area contributed by atoms with Crippen molar-refractivity contribution in [3.8, 4) is 0 Å². The van der Waals surface area contributed by atoms with Crippen molar-refractivity contribution in [2.24, 2.45) is 0 Å². The first-order valence-corrected chi connectivity index (χ1v) is 4.94. The van der Waals surface area contributed by atoms with Gasteiger partial charge in [-0.25, -0.2) is 0 Å². The lowest BCUT2D eigenvalue weighted by Crippen LogP contribution is -2.39. The summed E-state index contributed by atoms with van der Waals surface area (Å²) in [5.74, 6) is 0.0825. The van der Waals surface area contributed by atoms with Crippen molar-refractivity contribution in [2.75, 3.05) is 33.2 Å². The van der Waals surface area contributed by atoms with E-state index >= 15 is 0 Å². The number of carbonyl (C=O) groups excluding carboxylic acids is 1. The number of amides is 1. The van der Waals surface area contributed by atoms with Crippen LogP contribution in [0.15, 0.2) is 38.0 Å². The highest BCUT2D eigenvalue weighted by molar-refractivity contribution is 5.78. The molecule has 0 aliphatic rings. The third-order valence-electron chi connectivity index (χ3n) is 1.90. The van der Waals surface area contributed by atoms with Crippen LogP contribution in [0.4, 0.5) is 0 Å². The molecule has 0 aromatic heterocycles. The molecule has 0 atom stereocenters. The van der Waals surface area contributed by atoms with E-state index < -0.39 is 0 Å². The number of carbonyl (C=O) groups is 1. The summed E-state index contributed by atoms with van der Waals surface area (Å²) in [5.41, 5.74) is 0. The second-order valence-electron chi connectivity index (χ2n) is 3.36. The first-order chi connectivity index (χ1) is 7.15. The minimum atomic E-state index is 0.0825. The molecule has 0 fully saturated rings. The normalized spacial score (nSPS) is 9.73. The van der Waals surface area contributed by atoms with E-state index in [4.69, 9.17) is 0 Å². The minimum absolute atomic E-state index is 0.0825. The van der Waals surface area contributed by atoms with E-state index in [2.05, 4.69) is 19.7 Å². The van der Waals surface area contributed by atoms with E-state index in [9.17, 15) is 4.79 Å². The summed E-state index contributed by atoms with van der Waals surface area (Å²) in [6.45, 7) is 13.1. The molecule has 0 aromatic carbocycles. The van der Waals surface area contributed by atoms with Crippen molar-refractivity contribution in [1.82, 2.24) is 9.80 Å². The van der Waals surface area contributed by atoms with Gasteiger partial charge >= 0.3 is 0 Å². The van der Waals surface area contributed by atoms with Gasteiger partial charge in [0, 0.05) is 19.6 Å². The van der Waals surface area contributed by atoms with Gasteiger partial charge < -0.3 is 4.90 Å². The molecule has 0 heterocycles. The van der Waals surface area contributed by atoms with Crippen LogP contribution in [-0.4, -0.2) is 48.9 Å². The Labute approximate surface area is 92.4 Å². The van der Waals surface area contributed by atoms with Crippen LogP contribution >= 0.6 is 0 Å². The summed E-state index contributed by atoms with van der Waals surface area (Å²) < 4.78 is 0. The molecule has 0 radical (unpaired) electrons. The first kappa shape index (κ1) is 13.7. The topological polar surface area (TPSA) is 23.6 Å². The predicted molar refractivity (Wildman–Crippen MR) is 64.7 cm³/mol. The van der Waals surface area contributed by atoms with Crippen molar-refractivity contribution in [3.63, 3.8) is 0 Å². The van der Waals surface area contributed by atoms with E-state index in [-0.39, 0.29) is 5.91 Å². The maximum absolute atomic E-state index is 11.8. The lowest BCUT2D eigenvalue weighted by molar-refractivity contribution is -0.130. The highest BCUT2D eigenvalue weighted by Crippen LogP contribution is 1.94. The van der Waals surface area contributed by atoms with Gasteiger partial charge in [0.05, 0.1) is 6.54 Å². The molecule has 0 unspecified atom stereocenters. The van der Waals surface area contributed by atoms with Crippen LogP contribution in [0.2, 0.25) is 0 Å². The molecule has 3 nitrogen and oxygen atoms in total. The molecule has 0 rings (SSSR count). The van der Waals surface area contributed by atoms with Gasteiger partial charge in [0.25, 0.3) is 0 Å². The molecule has 0 aromatic rings. The Balaban J connectivity index is 4.16. The Morgan fingerprint density at radius 3 is 1.93 bits per heavy atom. The molecule has 1 amide bonds. The van der Waals surface area contributed by atoms with E-state index in [0.29, 0.717) is 26.2 Å². The number of likely N-dealkylation sites (N-methyl/N-ethyl adjacent to an activating group) is 1. The molecule has 0 saturated heterocycles. The van der Waals surface area contributed by atoms with Crippen LogP contribution in [0.25, 0.3) is 0 Å². The Kier molecular flexibility index (Phi) is 7.28. The highest BCUT2D eigenvalue weighted by Gasteiger charge is 2.11. The molecule has 0 saturated carbocycles. The van der Waals surface area contributed by atoms with Gasteiger partial charge in [-0.15, -0.1) is 19.7 Å². The van der Waals surface area contributed by atoms with Crippen molar-refractivity contribution < 1.29 is 4.79 Å². The summed E-state index contributed by atoms with van der Waals surface area (Å²) in [7, 11) is 1.89. The summed E-state index contributed by atoms with van der Waals surface area (Å²) in [4.78, 5) is 15.4. The lowest BCUT2D eigenvalue weighted by Gasteiger charge is -2.22. The fourth-order valence-electron chi connectivity index (χ4n) is 1.21. The fourth-order valence-corrected chi connectivity index (χ4v) is 1.21. The molecule has 84 valence electrons. The number of nitrogens with zero attached hydrogens (tertiary/aromatic N) is 2. The van der Waals surface area contributed by atoms with Crippen molar-refractivity contribution in [2.45, 2.75) is 0 Å².